The number of hydrogen-bond acceptors (Lipinski definition) is 2. The molecule has 0 spiro atoms. The fourth-order valence-corrected chi connectivity index (χ4v) is 1.66. The molecule has 1 aromatic carbocycles. The second kappa shape index (κ2) is 5.47. The lowest BCUT2D eigenvalue weighted by atomic mass is 10.1. The largest absolute Gasteiger partial charge is 0.463 e. The van der Waals surface area contributed by atoms with E-state index in [0.29, 0.717) is 10.6 Å². The first-order valence-corrected chi connectivity index (χ1v) is 5.48. The van der Waals surface area contributed by atoms with Crippen LogP contribution in [0.25, 0.3) is 0 Å². The first kappa shape index (κ1) is 12.5. The summed E-state index contributed by atoms with van der Waals surface area (Å²) >= 11 is 8.93. The minimum atomic E-state index is -0.953. The van der Waals surface area contributed by atoms with Crippen molar-refractivity contribution in [2.24, 2.45) is 0 Å². The lowest BCUT2D eigenvalue weighted by Crippen LogP contribution is -2.04. The molecule has 1 unspecified atom stereocenters. The van der Waals surface area contributed by atoms with E-state index in [4.69, 9.17) is 16.3 Å². The van der Waals surface area contributed by atoms with Crippen molar-refractivity contribution in [1.82, 2.24) is 0 Å². The molecule has 1 rings (SSSR count). The number of Topliss-reactive ketones (excluding diaryl/α,β-unsaturated/α-hetero) is 1. The van der Waals surface area contributed by atoms with Crippen molar-refractivity contribution < 1.29 is 13.9 Å². The molecule has 0 N–H and O–H groups in total. The SMILES string of the molecule is CC(=O)C(Br)c1ccc(Cl)cc1OCF. The molecule has 1 atom stereocenters. The maximum Gasteiger partial charge on any atom is 0.228 e. The Labute approximate surface area is 101 Å². The number of ketones is 1. The Bertz CT molecular complexity index is 370. The second-order valence-electron chi connectivity index (χ2n) is 2.91. The molecule has 0 aliphatic carbocycles. The zero-order valence-electron chi connectivity index (χ0n) is 7.97. The first-order chi connectivity index (χ1) is 7.06. The Morgan fingerprint density at radius 1 is 1.67 bits per heavy atom. The standard InChI is InChI=1S/C10H9BrClFO2/c1-6(14)10(11)8-3-2-7(12)4-9(8)15-5-13/h2-4,10H,5H2,1H3. The zero-order chi connectivity index (χ0) is 11.4. The summed E-state index contributed by atoms with van der Waals surface area (Å²) in [5.41, 5.74) is 0.574. The Hall–Kier alpha value is -0.610. The Morgan fingerprint density at radius 2 is 2.33 bits per heavy atom. The van der Waals surface area contributed by atoms with E-state index >= 15 is 0 Å². The summed E-state index contributed by atoms with van der Waals surface area (Å²) in [6, 6.07) is 4.74. The van der Waals surface area contributed by atoms with Crippen molar-refractivity contribution in [1.29, 1.82) is 0 Å². The monoisotopic (exact) mass is 294 g/mol. The van der Waals surface area contributed by atoms with Crippen molar-refractivity contribution in [2.45, 2.75) is 11.8 Å². The average molecular weight is 296 g/mol. The quantitative estimate of drug-likeness (QED) is 0.792. The predicted molar refractivity (Wildman–Crippen MR) is 60.4 cm³/mol. The van der Waals surface area contributed by atoms with Gasteiger partial charge >= 0.3 is 0 Å². The Kier molecular flexibility index (Phi) is 4.54. The highest BCUT2D eigenvalue weighted by molar-refractivity contribution is 9.09. The third-order valence-electron chi connectivity index (χ3n) is 1.82. The molecule has 0 heterocycles. The number of halogens is 3. The summed E-state index contributed by atoms with van der Waals surface area (Å²) in [6.07, 6.45) is 0. The molecule has 2 nitrogen and oxygen atoms in total. The highest BCUT2D eigenvalue weighted by Gasteiger charge is 2.17. The predicted octanol–water partition coefficient (Wildman–Crippen LogP) is 3.67. The molecule has 0 amide bonds. The molecule has 1 aromatic rings. The number of hydrogen-bond donors (Lipinski definition) is 0. The molecule has 5 heteroatoms. The van der Waals surface area contributed by atoms with Crippen LogP contribution < -0.4 is 4.74 Å². The maximum atomic E-state index is 12.1. The number of alkyl halides is 2. The number of ether oxygens (including phenoxy) is 1. The fraction of sp³-hybridized carbons (Fsp3) is 0.300. The van der Waals surface area contributed by atoms with E-state index in [0.717, 1.165) is 0 Å². The van der Waals surface area contributed by atoms with Gasteiger partial charge in [0.05, 0.1) is 0 Å². The van der Waals surface area contributed by atoms with E-state index in [1.54, 1.807) is 12.1 Å². The third kappa shape index (κ3) is 3.18. The molecule has 0 aliphatic heterocycles. The van der Waals surface area contributed by atoms with Crippen LogP contribution in [0.15, 0.2) is 18.2 Å². The van der Waals surface area contributed by atoms with Crippen LogP contribution in [0.4, 0.5) is 4.39 Å². The molecule has 0 radical (unpaired) electrons. The summed E-state index contributed by atoms with van der Waals surface area (Å²) < 4.78 is 16.8. The van der Waals surface area contributed by atoms with Gasteiger partial charge in [-0.2, -0.15) is 0 Å². The van der Waals surface area contributed by atoms with Gasteiger partial charge in [-0.25, -0.2) is 4.39 Å². The van der Waals surface area contributed by atoms with Crippen LogP contribution in [0, 0.1) is 0 Å². The zero-order valence-corrected chi connectivity index (χ0v) is 10.3. The summed E-state index contributed by atoms with van der Waals surface area (Å²) in [5, 5.41) is 0.436. The van der Waals surface area contributed by atoms with E-state index in [1.807, 2.05) is 0 Å². The van der Waals surface area contributed by atoms with Gasteiger partial charge in [-0.05, 0) is 19.1 Å². The number of benzene rings is 1. The fourth-order valence-electron chi connectivity index (χ4n) is 1.12. The Morgan fingerprint density at radius 3 is 2.87 bits per heavy atom. The number of carbonyl (C=O) groups is 1. The highest BCUT2D eigenvalue weighted by atomic mass is 79.9. The average Bonchev–Trinajstić information content (AvgIpc) is 2.17. The Balaban J connectivity index is 3.10. The van der Waals surface area contributed by atoms with Gasteiger partial charge in [0, 0.05) is 10.6 Å². The van der Waals surface area contributed by atoms with Crippen molar-refractivity contribution >= 4 is 33.3 Å². The van der Waals surface area contributed by atoms with Gasteiger partial charge in [0.1, 0.15) is 16.4 Å². The maximum absolute atomic E-state index is 12.1. The van der Waals surface area contributed by atoms with E-state index in [1.165, 1.54) is 13.0 Å². The number of rotatable bonds is 4. The van der Waals surface area contributed by atoms with Crippen LogP contribution in [-0.2, 0) is 4.79 Å². The molecular weight excluding hydrogens is 286 g/mol. The van der Waals surface area contributed by atoms with Crippen LogP contribution >= 0.6 is 27.5 Å². The van der Waals surface area contributed by atoms with Gasteiger partial charge in [0.2, 0.25) is 6.86 Å². The third-order valence-corrected chi connectivity index (χ3v) is 3.19. The van der Waals surface area contributed by atoms with Gasteiger partial charge < -0.3 is 4.74 Å². The second-order valence-corrected chi connectivity index (χ2v) is 4.26. The van der Waals surface area contributed by atoms with Gasteiger partial charge in [0.15, 0.2) is 0 Å². The molecule has 0 fully saturated rings. The summed E-state index contributed by atoms with van der Waals surface area (Å²) in [7, 11) is 0. The van der Waals surface area contributed by atoms with Crippen LogP contribution in [0.3, 0.4) is 0 Å². The van der Waals surface area contributed by atoms with Gasteiger partial charge in [0.25, 0.3) is 0 Å². The minimum Gasteiger partial charge on any atom is -0.463 e. The minimum absolute atomic E-state index is 0.0824. The summed E-state index contributed by atoms with van der Waals surface area (Å²) in [6.45, 7) is 0.484. The van der Waals surface area contributed by atoms with Crippen molar-refractivity contribution in [3.05, 3.63) is 28.8 Å². The van der Waals surface area contributed by atoms with Crippen molar-refractivity contribution in [3.8, 4) is 5.75 Å². The van der Waals surface area contributed by atoms with Crippen LogP contribution in [-0.4, -0.2) is 12.6 Å². The molecule has 0 aromatic heterocycles. The first-order valence-electron chi connectivity index (χ1n) is 4.19. The summed E-state index contributed by atoms with van der Waals surface area (Å²) in [5.74, 6) is 0.197. The normalized spacial score (nSPS) is 12.3. The van der Waals surface area contributed by atoms with Crippen molar-refractivity contribution in [3.63, 3.8) is 0 Å². The highest BCUT2D eigenvalue weighted by Crippen LogP contribution is 2.33. The lowest BCUT2D eigenvalue weighted by Gasteiger charge is -2.12. The molecule has 0 bridgehead atoms. The molecule has 15 heavy (non-hydrogen) atoms. The van der Waals surface area contributed by atoms with E-state index < -0.39 is 11.7 Å². The van der Waals surface area contributed by atoms with Crippen molar-refractivity contribution in [2.75, 3.05) is 6.86 Å². The molecule has 0 saturated carbocycles. The van der Waals surface area contributed by atoms with Gasteiger partial charge in [-0.1, -0.05) is 33.6 Å². The van der Waals surface area contributed by atoms with Gasteiger partial charge in [-0.15, -0.1) is 0 Å². The van der Waals surface area contributed by atoms with Gasteiger partial charge in [-0.3, -0.25) is 4.79 Å². The summed E-state index contributed by atoms with van der Waals surface area (Å²) in [4.78, 5) is 10.7. The topological polar surface area (TPSA) is 26.3 Å². The van der Waals surface area contributed by atoms with Crippen LogP contribution in [0.2, 0.25) is 5.02 Å². The van der Waals surface area contributed by atoms with Crippen LogP contribution in [0.1, 0.15) is 17.3 Å². The lowest BCUT2D eigenvalue weighted by molar-refractivity contribution is -0.116. The smallest absolute Gasteiger partial charge is 0.228 e. The molecule has 0 saturated heterocycles. The van der Waals surface area contributed by atoms with E-state index in [-0.39, 0.29) is 11.5 Å². The molecular formula is C10H9BrClFO2. The molecule has 0 aliphatic rings. The van der Waals surface area contributed by atoms with Crippen LogP contribution in [0.5, 0.6) is 5.75 Å². The van der Waals surface area contributed by atoms with E-state index in [2.05, 4.69) is 15.9 Å². The van der Waals surface area contributed by atoms with E-state index in [9.17, 15) is 9.18 Å². The molecule has 82 valence electrons. The number of carbonyl (C=O) groups excluding carboxylic acids is 1.